The average Bonchev–Trinajstić information content (AvgIpc) is 2.41. The van der Waals surface area contributed by atoms with E-state index in [0.29, 0.717) is 11.4 Å². The van der Waals surface area contributed by atoms with Crippen LogP contribution in [-0.2, 0) is 6.61 Å². The van der Waals surface area contributed by atoms with Crippen molar-refractivity contribution in [3.05, 3.63) is 58.9 Å². The van der Waals surface area contributed by atoms with E-state index in [2.05, 4.69) is 0 Å². The van der Waals surface area contributed by atoms with E-state index in [4.69, 9.17) is 16.2 Å². The summed E-state index contributed by atoms with van der Waals surface area (Å²) in [4.78, 5) is 11.1. The average molecular weight is 274 g/mol. The number of carbonyl (C=O) groups is 1. The van der Waals surface area contributed by atoms with Crippen molar-refractivity contribution in [2.75, 3.05) is 5.73 Å². The predicted molar refractivity (Wildman–Crippen MR) is 74.8 cm³/mol. The maximum Gasteiger partial charge on any atom is 0.248 e. The minimum atomic E-state index is -0.602. The zero-order valence-corrected chi connectivity index (χ0v) is 11.0. The first-order chi connectivity index (χ1) is 9.47. The van der Waals surface area contributed by atoms with E-state index in [0.717, 1.165) is 5.56 Å². The molecule has 0 fully saturated rings. The molecule has 0 aromatic heterocycles. The highest BCUT2D eigenvalue weighted by atomic mass is 19.1. The van der Waals surface area contributed by atoms with Crippen LogP contribution in [0.1, 0.15) is 21.5 Å². The van der Waals surface area contributed by atoms with Gasteiger partial charge in [-0.3, -0.25) is 4.79 Å². The lowest BCUT2D eigenvalue weighted by Gasteiger charge is -2.09. The fourth-order valence-corrected chi connectivity index (χ4v) is 1.74. The number of nitrogens with two attached hydrogens (primary N) is 2. The van der Waals surface area contributed by atoms with Gasteiger partial charge in [-0.25, -0.2) is 4.39 Å². The van der Waals surface area contributed by atoms with Crippen LogP contribution in [0.15, 0.2) is 36.4 Å². The third kappa shape index (κ3) is 3.06. The van der Waals surface area contributed by atoms with Crippen LogP contribution in [0.2, 0.25) is 0 Å². The van der Waals surface area contributed by atoms with Crippen molar-refractivity contribution in [3.8, 4) is 5.75 Å². The van der Waals surface area contributed by atoms with E-state index in [1.54, 1.807) is 18.2 Å². The molecular weight excluding hydrogens is 259 g/mol. The summed E-state index contributed by atoms with van der Waals surface area (Å²) in [5.74, 6) is -0.461. The van der Waals surface area contributed by atoms with Crippen molar-refractivity contribution >= 4 is 11.6 Å². The fourth-order valence-electron chi connectivity index (χ4n) is 1.74. The molecule has 20 heavy (non-hydrogen) atoms. The molecular formula is C15H15FN2O2. The van der Waals surface area contributed by atoms with Gasteiger partial charge in [0.05, 0.1) is 0 Å². The number of carbonyl (C=O) groups excluding carboxylic acids is 1. The molecule has 0 aliphatic heterocycles. The summed E-state index contributed by atoms with van der Waals surface area (Å²) in [5, 5.41) is 0. The van der Waals surface area contributed by atoms with E-state index in [1.165, 1.54) is 18.2 Å². The molecule has 2 aromatic rings. The Kier molecular flexibility index (Phi) is 3.89. The minimum absolute atomic E-state index is 0.0102. The van der Waals surface area contributed by atoms with Crippen LogP contribution in [0.5, 0.6) is 5.75 Å². The lowest BCUT2D eigenvalue weighted by Crippen LogP contribution is -2.12. The lowest BCUT2D eigenvalue weighted by atomic mass is 10.1. The van der Waals surface area contributed by atoms with Gasteiger partial charge in [-0.05, 0) is 48.9 Å². The molecule has 2 aromatic carbocycles. The number of amides is 1. The minimum Gasteiger partial charge on any atom is -0.489 e. The van der Waals surface area contributed by atoms with Gasteiger partial charge in [0, 0.05) is 16.8 Å². The largest absolute Gasteiger partial charge is 0.489 e. The zero-order valence-electron chi connectivity index (χ0n) is 11.0. The molecule has 1 amide bonds. The van der Waals surface area contributed by atoms with Crippen LogP contribution >= 0.6 is 0 Å². The molecule has 4 nitrogen and oxygen atoms in total. The highest BCUT2D eigenvalue weighted by molar-refractivity contribution is 5.92. The molecule has 0 radical (unpaired) electrons. The number of aryl methyl sites for hydroxylation is 1. The monoisotopic (exact) mass is 274 g/mol. The highest BCUT2D eigenvalue weighted by Crippen LogP contribution is 2.20. The van der Waals surface area contributed by atoms with E-state index in [1.807, 2.05) is 6.92 Å². The number of rotatable bonds is 4. The molecule has 0 atom stereocenters. The quantitative estimate of drug-likeness (QED) is 0.840. The second kappa shape index (κ2) is 5.61. The van der Waals surface area contributed by atoms with Crippen LogP contribution in [0.4, 0.5) is 10.1 Å². The van der Waals surface area contributed by atoms with Gasteiger partial charge in [0.1, 0.15) is 18.2 Å². The molecule has 4 N–H and O–H groups in total. The van der Waals surface area contributed by atoms with E-state index >= 15 is 0 Å². The number of nitrogen functional groups attached to an aromatic ring is 1. The van der Waals surface area contributed by atoms with Gasteiger partial charge in [0.25, 0.3) is 0 Å². The van der Waals surface area contributed by atoms with Crippen LogP contribution in [0.3, 0.4) is 0 Å². The first-order valence-electron chi connectivity index (χ1n) is 6.04. The molecule has 0 spiro atoms. The van der Waals surface area contributed by atoms with E-state index < -0.39 is 11.7 Å². The Labute approximate surface area is 116 Å². The molecule has 0 bridgehead atoms. The summed E-state index contributed by atoms with van der Waals surface area (Å²) >= 11 is 0. The SMILES string of the molecule is Cc1cc(OCc2cc(C(N)=O)ccc2F)ccc1N. The number of hydrogen-bond acceptors (Lipinski definition) is 3. The third-order valence-electron chi connectivity index (χ3n) is 2.97. The van der Waals surface area contributed by atoms with Crippen molar-refractivity contribution in [2.45, 2.75) is 13.5 Å². The van der Waals surface area contributed by atoms with Crippen molar-refractivity contribution in [1.82, 2.24) is 0 Å². The topological polar surface area (TPSA) is 78.3 Å². The van der Waals surface area contributed by atoms with Crippen LogP contribution in [0, 0.1) is 12.7 Å². The lowest BCUT2D eigenvalue weighted by molar-refractivity contribution is 0.1000. The molecule has 0 aliphatic rings. The summed E-state index contributed by atoms with van der Waals surface area (Å²) in [5.41, 5.74) is 12.9. The summed E-state index contributed by atoms with van der Waals surface area (Å²) in [6.07, 6.45) is 0. The smallest absolute Gasteiger partial charge is 0.248 e. The second-order valence-corrected chi connectivity index (χ2v) is 4.48. The Morgan fingerprint density at radius 1 is 1.25 bits per heavy atom. The number of benzene rings is 2. The van der Waals surface area contributed by atoms with Gasteiger partial charge >= 0.3 is 0 Å². The van der Waals surface area contributed by atoms with Gasteiger partial charge < -0.3 is 16.2 Å². The van der Waals surface area contributed by atoms with E-state index in [-0.39, 0.29) is 17.7 Å². The standard InChI is InChI=1S/C15H15FN2O2/c1-9-6-12(3-5-14(9)17)20-8-11-7-10(15(18)19)2-4-13(11)16/h2-7H,8,17H2,1H3,(H2,18,19). The summed E-state index contributed by atoms with van der Waals surface area (Å²) in [7, 11) is 0. The normalized spacial score (nSPS) is 10.3. The molecule has 0 saturated carbocycles. The van der Waals surface area contributed by atoms with Crippen LogP contribution in [-0.4, -0.2) is 5.91 Å². The number of anilines is 1. The third-order valence-corrected chi connectivity index (χ3v) is 2.97. The number of ether oxygens (including phenoxy) is 1. The summed E-state index contributed by atoms with van der Waals surface area (Å²) in [6.45, 7) is 1.87. The first kappa shape index (κ1) is 13.9. The van der Waals surface area contributed by atoms with Crippen LogP contribution in [0.25, 0.3) is 0 Å². The molecule has 5 heteroatoms. The van der Waals surface area contributed by atoms with Crippen molar-refractivity contribution in [3.63, 3.8) is 0 Å². The number of hydrogen-bond donors (Lipinski definition) is 2. The summed E-state index contributed by atoms with van der Waals surface area (Å²) < 4.78 is 19.1. The first-order valence-corrected chi connectivity index (χ1v) is 6.04. The Balaban J connectivity index is 2.15. The molecule has 104 valence electrons. The summed E-state index contributed by atoms with van der Waals surface area (Å²) in [6, 6.07) is 9.13. The van der Waals surface area contributed by atoms with Crippen molar-refractivity contribution < 1.29 is 13.9 Å². The number of primary amides is 1. The van der Waals surface area contributed by atoms with Gasteiger partial charge in [-0.2, -0.15) is 0 Å². The Bertz CT molecular complexity index is 656. The Hall–Kier alpha value is -2.56. The maximum atomic E-state index is 13.6. The Morgan fingerprint density at radius 3 is 2.65 bits per heavy atom. The van der Waals surface area contributed by atoms with Crippen LogP contribution < -0.4 is 16.2 Å². The van der Waals surface area contributed by atoms with Gasteiger partial charge in [0.2, 0.25) is 5.91 Å². The van der Waals surface area contributed by atoms with E-state index in [9.17, 15) is 9.18 Å². The second-order valence-electron chi connectivity index (χ2n) is 4.48. The Morgan fingerprint density at radius 2 is 2.00 bits per heavy atom. The fraction of sp³-hybridized carbons (Fsp3) is 0.133. The number of halogens is 1. The van der Waals surface area contributed by atoms with Gasteiger partial charge in [-0.1, -0.05) is 0 Å². The molecule has 0 unspecified atom stereocenters. The van der Waals surface area contributed by atoms with Gasteiger partial charge in [0.15, 0.2) is 0 Å². The highest BCUT2D eigenvalue weighted by Gasteiger charge is 2.08. The maximum absolute atomic E-state index is 13.6. The molecule has 2 rings (SSSR count). The van der Waals surface area contributed by atoms with Crippen molar-refractivity contribution in [1.29, 1.82) is 0 Å². The predicted octanol–water partition coefficient (Wildman–Crippen LogP) is 2.39. The van der Waals surface area contributed by atoms with Gasteiger partial charge in [-0.15, -0.1) is 0 Å². The molecule has 0 heterocycles. The van der Waals surface area contributed by atoms with Crippen molar-refractivity contribution in [2.24, 2.45) is 5.73 Å². The molecule has 0 aliphatic carbocycles. The molecule has 0 saturated heterocycles. The zero-order chi connectivity index (χ0) is 14.7.